The molecule has 0 saturated heterocycles. The van der Waals surface area contributed by atoms with Crippen molar-refractivity contribution in [2.75, 3.05) is 6.61 Å². The van der Waals surface area contributed by atoms with Gasteiger partial charge in [0.05, 0.1) is 12.7 Å². The van der Waals surface area contributed by atoms with Crippen LogP contribution in [0.1, 0.15) is 13.8 Å². The molecule has 0 bridgehead atoms. The molecule has 54 valence electrons. The van der Waals surface area contributed by atoms with Crippen molar-refractivity contribution in [2.24, 2.45) is 5.41 Å². The van der Waals surface area contributed by atoms with Crippen LogP contribution >= 0.6 is 0 Å². The van der Waals surface area contributed by atoms with E-state index in [1.165, 1.54) is 0 Å². The Hall–Kier alpha value is -0.340. The summed E-state index contributed by atoms with van der Waals surface area (Å²) in [5, 5.41) is 17.8. The van der Waals surface area contributed by atoms with E-state index in [9.17, 15) is 0 Å². The van der Waals surface area contributed by atoms with E-state index in [0.29, 0.717) is 0 Å². The van der Waals surface area contributed by atoms with E-state index < -0.39 is 11.5 Å². The van der Waals surface area contributed by atoms with Crippen molar-refractivity contribution in [3.05, 3.63) is 12.7 Å². The normalized spacial score (nSPS) is 20.4. The van der Waals surface area contributed by atoms with Gasteiger partial charge in [-0.05, 0) is 6.92 Å². The lowest BCUT2D eigenvalue weighted by atomic mass is 9.86. The summed E-state index contributed by atoms with van der Waals surface area (Å²) >= 11 is 0. The average Bonchev–Trinajstić information content (AvgIpc) is 1.86. The Kier molecular flexibility index (Phi) is 2.88. The number of hydrogen-bond donors (Lipinski definition) is 2. The van der Waals surface area contributed by atoms with Crippen LogP contribution in [0.2, 0.25) is 0 Å². The first-order valence-electron chi connectivity index (χ1n) is 2.99. The monoisotopic (exact) mass is 130 g/mol. The van der Waals surface area contributed by atoms with E-state index in [-0.39, 0.29) is 6.61 Å². The van der Waals surface area contributed by atoms with Crippen LogP contribution in [0.4, 0.5) is 0 Å². The molecular weight excluding hydrogens is 116 g/mol. The molecule has 0 aromatic carbocycles. The van der Waals surface area contributed by atoms with E-state index in [1.807, 2.05) is 0 Å². The second kappa shape index (κ2) is 2.99. The third-order valence-corrected chi connectivity index (χ3v) is 1.76. The fraction of sp³-hybridized carbons (Fsp3) is 0.714. The van der Waals surface area contributed by atoms with Gasteiger partial charge >= 0.3 is 0 Å². The minimum absolute atomic E-state index is 0.0613. The quantitative estimate of drug-likeness (QED) is 0.548. The van der Waals surface area contributed by atoms with Crippen LogP contribution in [0.5, 0.6) is 0 Å². The summed E-state index contributed by atoms with van der Waals surface area (Å²) in [5.74, 6) is 0. The SMILES string of the molecule is C=C[C@](C)(CO)[C@@H](C)O. The van der Waals surface area contributed by atoms with Gasteiger partial charge < -0.3 is 10.2 Å². The maximum Gasteiger partial charge on any atom is 0.0622 e. The Bertz CT molecular complexity index is 99.1. The van der Waals surface area contributed by atoms with Gasteiger partial charge in [0, 0.05) is 5.41 Å². The predicted octanol–water partition coefficient (Wildman–Crippen LogP) is 0.552. The highest BCUT2D eigenvalue weighted by atomic mass is 16.3. The summed E-state index contributed by atoms with van der Waals surface area (Å²) < 4.78 is 0. The molecule has 0 fully saturated rings. The van der Waals surface area contributed by atoms with Crippen LogP contribution in [-0.4, -0.2) is 22.9 Å². The van der Waals surface area contributed by atoms with Gasteiger partial charge in [0.2, 0.25) is 0 Å². The largest absolute Gasteiger partial charge is 0.395 e. The lowest BCUT2D eigenvalue weighted by Crippen LogP contribution is -2.31. The maximum absolute atomic E-state index is 9.04. The van der Waals surface area contributed by atoms with Gasteiger partial charge in [0.1, 0.15) is 0 Å². The first kappa shape index (κ1) is 8.66. The second-order valence-electron chi connectivity index (χ2n) is 2.54. The summed E-state index contributed by atoms with van der Waals surface area (Å²) in [6.07, 6.45) is 1.03. The first-order chi connectivity index (χ1) is 4.06. The van der Waals surface area contributed by atoms with E-state index >= 15 is 0 Å². The van der Waals surface area contributed by atoms with Crippen LogP contribution in [0.3, 0.4) is 0 Å². The van der Waals surface area contributed by atoms with Crippen LogP contribution in [0.15, 0.2) is 12.7 Å². The van der Waals surface area contributed by atoms with Gasteiger partial charge in [-0.25, -0.2) is 0 Å². The standard InChI is InChI=1S/C7H14O2/c1-4-7(3,5-8)6(2)9/h4,6,8-9H,1,5H2,2-3H3/t6-,7-/m1/s1. The number of aliphatic hydroxyl groups is 2. The second-order valence-corrected chi connectivity index (χ2v) is 2.54. The molecule has 0 unspecified atom stereocenters. The van der Waals surface area contributed by atoms with Crippen molar-refractivity contribution in [2.45, 2.75) is 20.0 Å². The summed E-state index contributed by atoms with van der Waals surface area (Å²) in [5.41, 5.74) is -0.542. The van der Waals surface area contributed by atoms with Gasteiger partial charge in [0.15, 0.2) is 0 Å². The molecule has 2 nitrogen and oxygen atoms in total. The molecule has 0 aromatic heterocycles. The molecule has 0 amide bonds. The molecular formula is C7H14O2. The molecule has 0 aliphatic rings. The number of rotatable bonds is 3. The molecule has 0 spiro atoms. The van der Waals surface area contributed by atoms with Gasteiger partial charge in [-0.2, -0.15) is 0 Å². The van der Waals surface area contributed by atoms with Crippen LogP contribution in [0.25, 0.3) is 0 Å². The topological polar surface area (TPSA) is 40.5 Å². The van der Waals surface area contributed by atoms with Crippen molar-refractivity contribution >= 4 is 0 Å². The zero-order valence-electron chi connectivity index (χ0n) is 5.96. The van der Waals surface area contributed by atoms with E-state index in [0.717, 1.165) is 0 Å². The highest BCUT2D eigenvalue weighted by Crippen LogP contribution is 2.20. The van der Waals surface area contributed by atoms with Crippen molar-refractivity contribution in [3.8, 4) is 0 Å². The zero-order valence-corrected chi connectivity index (χ0v) is 5.96. The summed E-state index contributed by atoms with van der Waals surface area (Å²) in [4.78, 5) is 0. The molecule has 0 aromatic rings. The average molecular weight is 130 g/mol. The molecule has 0 aliphatic heterocycles. The fourth-order valence-electron chi connectivity index (χ4n) is 0.367. The van der Waals surface area contributed by atoms with Crippen LogP contribution in [0, 0.1) is 5.41 Å². The van der Waals surface area contributed by atoms with E-state index in [2.05, 4.69) is 6.58 Å². The predicted molar refractivity (Wildman–Crippen MR) is 37.1 cm³/mol. The van der Waals surface area contributed by atoms with Crippen molar-refractivity contribution < 1.29 is 10.2 Å². The Labute approximate surface area is 55.8 Å². The van der Waals surface area contributed by atoms with E-state index in [1.54, 1.807) is 19.9 Å². The number of aliphatic hydroxyl groups excluding tert-OH is 2. The number of hydrogen-bond acceptors (Lipinski definition) is 2. The zero-order chi connectivity index (χ0) is 7.49. The maximum atomic E-state index is 9.04. The highest BCUT2D eigenvalue weighted by molar-refractivity contribution is 4.94. The van der Waals surface area contributed by atoms with Gasteiger partial charge in [-0.15, -0.1) is 6.58 Å². The fourth-order valence-corrected chi connectivity index (χ4v) is 0.367. The molecule has 9 heavy (non-hydrogen) atoms. The molecule has 2 atom stereocenters. The minimum atomic E-state index is -0.542. The first-order valence-corrected chi connectivity index (χ1v) is 2.99. The molecule has 0 aliphatic carbocycles. The lowest BCUT2D eigenvalue weighted by Gasteiger charge is -2.25. The molecule has 2 heteroatoms. The van der Waals surface area contributed by atoms with Crippen molar-refractivity contribution in [3.63, 3.8) is 0 Å². The van der Waals surface area contributed by atoms with Crippen LogP contribution in [-0.2, 0) is 0 Å². The molecule has 0 saturated carbocycles. The Balaban J connectivity index is 4.08. The molecule has 0 radical (unpaired) electrons. The van der Waals surface area contributed by atoms with Crippen molar-refractivity contribution in [1.82, 2.24) is 0 Å². The smallest absolute Gasteiger partial charge is 0.0622 e. The minimum Gasteiger partial charge on any atom is -0.395 e. The van der Waals surface area contributed by atoms with Gasteiger partial charge in [0.25, 0.3) is 0 Å². The third-order valence-electron chi connectivity index (χ3n) is 1.76. The van der Waals surface area contributed by atoms with Crippen molar-refractivity contribution in [1.29, 1.82) is 0 Å². The Morgan fingerprint density at radius 1 is 1.78 bits per heavy atom. The molecule has 0 rings (SSSR count). The summed E-state index contributed by atoms with van der Waals surface area (Å²) in [6, 6.07) is 0. The van der Waals surface area contributed by atoms with Gasteiger partial charge in [-0.3, -0.25) is 0 Å². The molecule has 2 N–H and O–H groups in total. The summed E-state index contributed by atoms with van der Waals surface area (Å²) in [7, 11) is 0. The third kappa shape index (κ3) is 1.80. The van der Waals surface area contributed by atoms with Gasteiger partial charge in [-0.1, -0.05) is 13.0 Å². The Morgan fingerprint density at radius 2 is 2.22 bits per heavy atom. The van der Waals surface area contributed by atoms with E-state index in [4.69, 9.17) is 10.2 Å². The molecule has 0 heterocycles. The summed E-state index contributed by atoms with van der Waals surface area (Å²) in [6.45, 7) is 6.83. The lowest BCUT2D eigenvalue weighted by molar-refractivity contribution is 0.0410. The van der Waals surface area contributed by atoms with Crippen LogP contribution < -0.4 is 0 Å². The Morgan fingerprint density at radius 3 is 2.22 bits per heavy atom. The highest BCUT2D eigenvalue weighted by Gasteiger charge is 2.24.